The van der Waals surface area contributed by atoms with Crippen molar-refractivity contribution in [2.75, 3.05) is 18.8 Å². The number of carbonyl (C=O) groups excluding carboxylic acids is 1. The molecule has 8 heteroatoms. The highest BCUT2D eigenvalue weighted by atomic mass is 32.2. The molecule has 7 nitrogen and oxygen atoms in total. The van der Waals surface area contributed by atoms with Gasteiger partial charge in [-0.2, -0.15) is 0 Å². The molecule has 1 saturated heterocycles. The second-order valence-corrected chi connectivity index (χ2v) is 8.05. The van der Waals surface area contributed by atoms with Crippen LogP contribution in [0, 0.1) is 0 Å². The molecule has 1 unspecified atom stereocenters. The van der Waals surface area contributed by atoms with E-state index >= 15 is 0 Å². The van der Waals surface area contributed by atoms with Gasteiger partial charge in [0.1, 0.15) is 11.4 Å². The first-order chi connectivity index (χ1) is 13.2. The maximum absolute atomic E-state index is 13.0. The Morgan fingerprint density at radius 3 is 3.04 bits per heavy atom. The summed E-state index contributed by atoms with van der Waals surface area (Å²) in [6.07, 6.45) is 3.31. The molecule has 0 aliphatic carbocycles. The number of nitrogens with zero attached hydrogens (tertiary/aromatic N) is 4. The highest BCUT2D eigenvalue weighted by Crippen LogP contribution is 2.27. The molecule has 1 fully saturated rings. The van der Waals surface area contributed by atoms with Crippen LogP contribution in [-0.4, -0.2) is 49.2 Å². The molecule has 2 aliphatic rings. The zero-order valence-electron chi connectivity index (χ0n) is 14.7. The summed E-state index contributed by atoms with van der Waals surface area (Å²) in [5.41, 5.74) is 1.90. The SMILES string of the molecule is O=C(c1cnc2n(c1=O)CCS2)N1CCCC(c2nc3ccccc3[nH]2)C1. The first-order valence-electron chi connectivity index (χ1n) is 9.17. The monoisotopic (exact) mass is 381 g/mol. The highest BCUT2D eigenvalue weighted by Gasteiger charge is 2.30. The predicted molar refractivity (Wildman–Crippen MR) is 103 cm³/mol. The van der Waals surface area contributed by atoms with Crippen molar-refractivity contribution in [1.29, 1.82) is 0 Å². The summed E-state index contributed by atoms with van der Waals surface area (Å²) < 4.78 is 1.61. The second kappa shape index (κ2) is 6.53. The standard InChI is InChI=1S/C19H19N5O2S/c25-17(13-10-20-19-24(18(13)26)8-9-27-19)23-7-3-4-12(11-23)16-21-14-5-1-2-6-15(14)22-16/h1-2,5-6,10,12H,3-4,7-9,11H2,(H,21,22). The number of aromatic nitrogens is 4. The molecule has 3 aromatic rings. The number of hydrogen-bond acceptors (Lipinski definition) is 5. The lowest BCUT2D eigenvalue weighted by Gasteiger charge is -2.31. The lowest BCUT2D eigenvalue weighted by molar-refractivity contribution is 0.0701. The van der Waals surface area contributed by atoms with Gasteiger partial charge in [-0.05, 0) is 25.0 Å². The van der Waals surface area contributed by atoms with Gasteiger partial charge in [0.2, 0.25) is 0 Å². The third-order valence-electron chi connectivity index (χ3n) is 5.29. The molecular formula is C19H19N5O2S. The van der Waals surface area contributed by atoms with Gasteiger partial charge in [0.05, 0.1) is 11.0 Å². The average Bonchev–Trinajstić information content (AvgIpc) is 3.35. The van der Waals surface area contributed by atoms with Crippen LogP contribution in [0.3, 0.4) is 0 Å². The van der Waals surface area contributed by atoms with Crippen LogP contribution >= 0.6 is 11.8 Å². The van der Waals surface area contributed by atoms with E-state index in [9.17, 15) is 9.59 Å². The number of hydrogen-bond donors (Lipinski definition) is 1. The van der Waals surface area contributed by atoms with Crippen molar-refractivity contribution < 1.29 is 4.79 Å². The number of para-hydroxylation sites is 2. The minimum Gasteiger partial charge on any atom is -0.342 e. The van der Waals surface area contributed by atoms with E-state index in [-0.39, 0.29) is 22.9 Å². The number of imidazole rings is 1. The lowest BCUT2D eigenvalue weighted by atomic mass is 9.97. The lowest BCUT2D eigenvalue weighted by Crippen LogP contribution is -2.42. The van der Waals surface area contributed by atoms with Crippen molar-refractivity contribution >= 4 is 28.7 Å². The number of benzene rings is 1. The van der Waals surface area contributed by atoms with E-state index in [1.54, 1.807) is 21.2 Å². The van der Waals surface area contributed by atoms with E-state index < -0.39 is 0 Å². The minimum atomic E-state index is -0.222. The summed E-state index contributed by atoms with van der Waals surface area (Å²) >= 11 is 1.55. The fourth-order valence-electron chi connectivity index (χ4n) is 3.89. The number of piperidine rings is 1. The van der Waals surface area contributed by atoms with Crippen LogP contribution in [0.2, 0.25) is 0 Å². The van der Waals surface area contributed by atoms with Gasteiger partial charge >= 0.3 is 0 Å². The summed E-state index contributed by atoms with van der Waals surface area (Å²) in [5, 5.41) is 0.704. The topological polar surface area (TPSA) is 83.9 Å². The molecule has 138 valence electrons. The molecule has 1 N–H and O–H groups in total. The fraction of sp³-hybridized carbons (Fsp3) is 0.368. The first-order valence-corrected chi connectivity index (χ1v) is 10.2. The predicted octanol–water partition coefficient (Wildman–Crippen LogP) is 2.25. The molecule has 0 spiro atoms. The molecule has 4 heterocycles. The summed E-state index contributed by atoms with van der Waals surface area (Å²) in [4.78, 5) is 39.8. The Morgan fingerprint density at radius 2 is 2.15 bits per heavy atom. The number of amides is 1. The van der Waals surface area contributed by atoms with E-state index in [2.05, 4.69) is 9.97 Å². The van der Waals surface area contributed by atoms with Gasteiger partial charge in [-0.25, -0.2) is 9.97 Å². The molecule has 2 aromatic heterocycles. The Hall–Kier alpha value is -2.61. The third-order valence-corrected chi connectivity index (χ3v) is 6.26. The van der Waals surface area contributed by atoms with E-state index in [0.717, 1.165) is 35.5 Å². The summed E-state index contributed by atoms with van der Waals surface area (Å²) in [5.74, 6) is 1.67. The van der Waals surface area contributed by atoms with Gasteiger partial charge in [-0.1, -0.05) is 23.9 Å². The number of rotatable bonds is 2. The van der Waals surface area contributed by atoms with Crippen LogP contribution < -0.4 is 5.56 Å². The van der Waals surface area contributed by atoms with Crippen LogP contribution in [0.15, 0.2) is 40.4 Å². The van der Waals surface area contributed by atoms with Gasteiger partial charge < -0.3 is 9.88 Å². The van der Waals surface area contributed by atoms with Gasteiger partial charge in [0, 0.05) is 37.5 Å². The molecular weight excluding hydrogens is 362 g/mol. The second-order valence-electron chi connectivity index (χ2n) is 6.99. The normalized spacial score (nSPS) is 19.4. The van der Waals surface area contributed by atoms with Crippen molar-refractivity contribution in [3.8, 4) is 0 Å². The largest absolute Gasteiger partial charge is 0.342 e. The Kier molecular flexibility index (Phi) is 4.00. The van der Waals surface area contributed by atoms with Crippen molar-refractivity contribution in [3.63, 3.8) is 0 Å². The zero-order chi connectivity index (χ0) is 18.4. The quantitative estimate of drug-likeness (QED) is 0.689. The van der Waals surface area contributed by atoms with E-state index in [1.165, 1.54) is 6.20 Å². The number of thioether (sulfide) groups is 1. The molecule has 1 amide bonds. The Labute approximate surface area is 159 Å². The molecule has 1 atom stereocenters. The van der Waals surface area contributed by atoms with E-state index in [4.69, 9.17) is 4.98 Å². The van der Waals surface area contributed by atoms with Crippen molar-refractivity contribution in [2.24, 2.45) is 0 Å². The number of fused-ring (bicyclic) bond motifs is 2. The van der Waals surface area contributed by atoms with Gasteiger partial charge in [0.15, 0.2) is 5.16 Å². The number of H-pyrrole nitrogens is 1. The van der Waals surface area contributed by atoms with Crippen molar-refractivity contribution in [2.45, 2.75) is 30.5 Å². The smallest absolute Gasteiger partial charge is 0.267 e. The summed E-state index contributed by atoms with van der Waals surface area (Å²) in [6.45, 7) is 1.84. The molecule has 2 aliphatic heterocycles. The molecule has 27 heavy (non-hydrogen) atoms. The maximum atomic E-state index is 13.0. The van der Waals surface area contributed by atoms with Crippen molar-refractivity contribution in [1.82, 2.24) is 24.4 Å². The fourth-order valence-corrected chi connectivity index (χ4v) is 4.80. The summed E-state index contributed by atoms with van der Waals surface area (Å²) in [6, 6.07) is 7.94. The van der Waals surface area contributed by atoms with E-state index in [0.29, 0.717) is 24.8 Å². The van der Waals surface area contributed by atoms with Gasteiger partial charge in [0.25, 0.3) is 11.5 Å². The number of likely N-dealkylation sites (tertiary alicyclic amines) is 1. The van der Waals surface area contributed by atoms with Crippen LogP contribution in [0.4, 0.5) is 0 Å². The minimum absolute atomic E-state index is 0.149. The molecule has 0 radical (unpaired) electrons. The van der Waals surface area contributed by atoms with E-state index in [1.807, 2.05) is 24.3 Å². The van der Waals surface area contributed by atoms with Crippen LogP contribution in [0.1, 0.15) is 34.9 Å². The average molecular weight is 381 g/mol. The van der Waals surface area contributed by atoms with Crippen molar-refractivity contribution in [3.05, 3.63) is 52.2 Å². The molecule has 1 aromatic carbocycles. The molecule has 0 bridgehead atoms. The highest BCUT2D eigenvalue weighted by molar-refractivity contribution is 7.99. The van der Waals surface area contributed by atoms with Crippen LogP contribution in [0.5, 0.6) is 0 Å². The molecule has 5 rings (SSSR count). The maximum Gasteiger partial charge on any atom is 0.267 e. The Morgan fingerprint density at radius 1 is 1.26 bits per heavy atom. The number of nitrogens with one attached hydrogen (secondary N) is 1. The first kappa shape index (κ1) is 16.6. The molecule has 0 saturated carbocycles. The Bertz CT molecular complexity index is 1060. The van der Waals surface area contributed by atoms with Crippen LogP contribution in [0.25, 0.3) is 11.0 Å². The number of aromatic amines is 1. The Balaban J connectivity index is 1.41. The number of carbonyl (C=O) groups is 1. The third kappa shape index (κ3) is 2.84. The summed E-state index contributed by atoms with van der Waals surface area (Å²) in [7, 11) is 0. The van der Waals surface area contributed by atoms with Gasteiger partial charge in [-0.15, -0.1) is 0 Å². The van der Waals surface area contributed by atoms with Gasteiger partial charge in [-0.3, -0.25) is 14.2 Å². The zero-order valence-corrected chi connectivity index (χ0v) is 15.5. The van der Waals surface area contributed by atoms with Crippen LogP contribution in [-0.2, 0) is 6.54 Å².